The molecular formula is C23H25NO3. The van der Waals surface area contributed by atoms with Crippen LogP contribution in [-0.2, 0) is 11.3 Å². The summed E-state index contributed by atoms with van der Waals surface area (Å²) in [5.74, 6) is -0.572. The summed E-state index contributed by atoms with van der Waals surface area (Å²) >= 11 is 0. The normalized spacial score (nSPS) is 11.0. The molecule has 1 aromatic heterocycles. The molecule has 0 atom stereocenters. The summed E-state index contributed by atoms with van der Waals surface area (Å²) in [6.45, 7) is 10.6. The highest BCUT2D eigenvalue weighted by molar-refractivity contribution is 5.94. The smallest absolute Gasteiger partial charge is 0.343 e. The van der Waals surface area contributed by atoms with E-state index in [4.69, 9.17) is 4.74 Å². The van der Waals surface area contributed by atoms with Crippen molar-refractivity contribution in [2.24, 2.45) is 0 Å². The quantitative estimate of drug-likeness (QED) is 0.643. The lowest BCUT2D eigenvalue weighted by atomic mass is 9.99. The molecule has 0 unspecified atom stereocenters. The van der Waals surface area contributed by atoms with Crippen LogP contribution in [-0.4, -0.2) is 17.1 Å². The zero-order chi connectivity index (χ0) is 19.7. The first kappa shape index (κ1) is 18.9. The van der Waals surface area contributed by atoms with Crippen LogP contribution in [0.3, 0.4) is 0 Å². The number of rotatable bonds is 4. The van der Waals surface area contributed by atoms with E-state index in [1.807, 2.05) is 25.1 Å². The van der Waals surface area contributed by atoms with E-state index in [1.165, 1.54) is 5.56 Å². The summed E-state index contributed by atoms with van der Waals surface area (Å²) < 4.78 is 6.79. The summed E-state index contributed by atoms with van der Waals surface area (Å²) in [4.78, 5) is 25.5. The van der Waals surface area contributed by atoms with Crippen molar-refractivity contribution in [3.63, 3.8) is 0 Å². The maximum Gasteiger partial charge on any atom is 0.343 e. The van der Waals surface area contributed by atoms with Crippen molar-refractivity contribution in [3.05, 3.63) is 80.1 Å². The van der Waals surface area contributed by atoms with E-state index in [0.717, 1.165) is 33.2 Å². The van der Waals surface area contributed by atoms with Gasteiger partial charge < -0.3 is 9.30 Å². The fraction of sp³-hybridized carbons (Fsp3) is 0.304. The standard InChI is InChI=1S/C23H25NO3/c1-6-27-23(26)19-12-18-11-14(2)7-8-21(18)24(22(19)25)13-20-16(4)9-15(3)10-17(20)5/h7-12H,6,13H2,1-5H3. The molecular weight excluding hydrogens is 338 g/mol. The molecule has 0 aliphatic carbocycles. The van der Waals surface area contributed by atoms with Crippen LogP contribution in [0.25, 0.3) is 10.9 Å². The topological polar surface area (TPSA) is 48.3 Å². The van der Waals surface area contributed by atoms with E-state index in [-0.39, 0.29) is 17.7 Å². The molecule has 0 radical (unpaired) electrons. The average Bonchev–Trinajstić information content (AvgIpc) is 2.59. The number of aryl methyl sites for hydroxylation is 4. The van der Waals surface area contributed by atoms with Crippen LogP contribution in [0.1, 0.15) is 45.1 Å². The summed E-state index contributed by atoms with van der Waals surface area (Å²) in [5.41, 5.74) is 6.24. The highest BCUT2D eigenvalue weighted by Crippen LogP contribution is 2.21. The van der Waals surface area contributed by atoms with Crippen molar-refractivity contribution < 1.29 is 9.53 Å². The van der Waals surface area contributed by atoms with Crippen molar-refractivity contribution in [1.29, 1.82) is 0 Å². The molecule has 0 aliphatic rings. The average molecular weight is 363 g/mol. The minimum Gasteiger partial charge on any atom is -0.462 e. The Balaban J connectivity index is 2.26. The van der Waals surface area contributed by atoms with Gasteiger partial charge in [-0.2, -0.15) is 0 Å². The van der Waals surface area contributed by atoms with E-state index in [2.05, 4.69) is 32.9 Å². The molecule has 140 valence electrons. The van der Waals surface area contributed by atoms with Crippen LogP contribution in [0.5, 0.6) is 0 Å². The lowest BCUT2D eigenvalue weighted by Crippen LogP contribution is -2.28. The lowest BCUT2D eigenvalue weighted by Gasteiger charge is -2.17. The maximum absolute atomic E-state index is 13.1. The van der Waals surface area contributed by atoms with Gasteiger partial charge in [-0.3, -0.25) is 4.79 Å². The van der Waals surface area contributed by atoms with Crippen LogP contribution in [0, 0.1) is 27.7 Å². The third-order valence-corrected chi connectivity index (χ3v) is 4.90. The molecule has 4 heteroatoms. The zero-order valence-corrected chi connectivity index (χ0v) is 16.6. The number of esters is 1. The van der Waals surface area contributed by atoms with E-state index >= 15 is 0 Å². The summed E-state index contributed by atoms with van der Waals surface area (Å²) in [6, 6.07) is 11.8. The largest absolute Gasteiger partial charge is 0.462 e. The molecule has 0 bridgehead atoms. The minimum atomic E-state index is -0.572. The Bertz CT molecular complexity index is 1070. The van der Waals surface area contributed by atoms with Gasteiger partial charge in [0.05, 0.1) is 18.7 Å². The van der Waals surface area contributed by atoms with Crippen LogP contribution >= 0.6 is 0 Å². The third-order valence-electron chi connectivity index (χ3n) is 4.90. The van der Waals surface area contributed by atoms with Gasteiger partial charge in [-0.25, -0.2) is 4.79 Å². The molecule has 0 aliphatic heterocycles. The van der Waals surface area contributed by atoms with Crippen molar-refractivity contribution in [1.82, 2.24) is 4.57 Å². The SMILES string of the molecule is CCOC(=O)c1cc2cc(C)ccc2n(Cc2c(C)cc(C)cc2C)c1=O. The van der Waals surface area contributed by atoms with E-state index in [1.54, 1.807) is 17.6 Å². The first-order valence-electron chi connectivity index (χ1n) is 9.20. The van der Waals surface area contributed by atoms with Crippen molar-refractivity contribution >= 4 is 16.9 Å². The Morgan fingerprint density at radius 1 is 0.963 bits per heavy atom. The van der Waals surface area contributed by atoms with Crippen molar-refractivity contribution in [3.8, 4) is 0 Å². The van der Waals surface area contributed by atoms with Crippen LogP contribution in [0.15, 0.2) is 41.2 Å². The molecule has 0 N–H and O–H groups in total. The van der Waals surface area contributed by atoms with E-state index in [9.17, 15) is 9.59 Å². The second-order valence-electron chi connectivity index (χ2n) is 7.11. The molecule has 3 aromatic rings. The van der Waals surface area contributed by atoms with Crippen LogP contribution < -0.4 is 5.56 Å². The Kier molecular flexibility index (Phi) is 5.17. The van der Waals surface area contributed by atoms with Gasteiger partial charge in [0.2, 0.25) is 0 Å². The number of carbonyl (C=O) groups is 1. The van der Waals surface area contributed by atoms with Crippen molar-refractivity contribution in [2.75, 3.05) is 6.61 Å². The summed E-state index contributed by atoms with van der Waals surface area (Å²) in [5, 5.41) is 0.861. The molecule has 4 nitrogen and oxygen atoms in total. The molecule has 0 fully saturated rings. The Morgan fingerprint density at radius 2 is 1.63 bits per heavy atom. The molecule has 0 spiro atoms. The van der Waals surface area contributed by atoms with Gasteiger partial charge in [-0.1, -0.05) is 29.3 Å². The fourth-order valence-electron chi connectivity index (χ4n) is 3.64. The van der Waals surface area contributed by atoms with Crippen LogP contribution in [0.2, 0.25) is 0 Å². The highest BCUT2D eigenvalue weighted by Gasteiger charge is 2.18. The predicted molar refractivity (Wildman–Crippen MR) is 109 cm³/mol. The number of ether oxygens (including phenoxy) is 1. The van der Waals surface area contributed by atoms with Gasteiger partial charge >= 0.3 is 5.97 Å². The fourth-order valence-corrected chi connectivity index (χ4v) is 3.64. The maximum atomic E-state index is 13.1. The molecule has 2 aromatic carbocycles. The first-order valence-corrected chi connectivity index (χ1v) is 9.20. The molecule has 0 saturated carbocycles. The van der Waals surface area contributed by atoms with E-state index < -0.39 is 5.97 Å². The number of carbonyl (C=O) groups excluding carboxylic acids is 1. The summed E-state index contributed by atoms with van der Waals surface area (Å²) in [6.07, 6.45) is 0. The highest BCUT2D eigenvalue weighted by atomic mass is 16.5. The zero-order valence-electron chi connectivity index (χ0n) is 16.6. The first-order chi connectivity index (χ1) is 12.8. The number of benzene rings is 2. The van der Waals surface area contributed by atoms with Crippen molar-refractivity contribution in [2.45, 2.75) is 41.2 Å². The molecule has 1 heterocycles. The van der Waals surface area contributed by atoms with Gasteiger partial charge in [0.1, 0.15) is 5.56 Å². The summed E-state index contributed by atoms with van der Waals surface area (Å²) in [7, 11) is 0. The number of pyridine rings is 1. The molecule has 0 amide bonds. The molecule has 27 heavy (non-hydrogen) atoms. The Labute approximate surface area is 159 Å². The minimum absolute atomic E-state index is 0.0809. The third kappa shape index (κ3) is 3.65. The predicted octanol–water partition coefficient (Wildman–Crippen LogP) is 4.46. The van der Waals surface area contributed by atoms with Gasteiger partial charge in [-0.15, -0.1) is 0 Å². The number of fused-ring (bicyclic) bond motifs is 1. The van der Waals surface area contributed by atoms with Crippen LogP contribution in [0.4, 0.5) is 0 Å². The number of hydrogen-bond acceptors (Lipinski definition) is 3. The number of aromatic nitrogens is 1. The Morgan fingerprint density at radius 3 is 2.26 bits per heavy atom. The monoisotopic (exact) mass is 363 g/mol. The Hall–Kier alpha value is -2.88. The number of hydrogen-bond donors (Lipinski definition) is 0. The van der Waals surface area contributed by atoms with Gasteiger partial charge in [-0.05, 0) is 74.9 Å². The van der Waals surface area contributed by atoms with Gasteiger partial charge in [0.15, 0.2) is 0 Å². The second-order valence-corrected chi connectivity index (χ2v) is 7.11. The van der Waals surface area contributed by atoms with Gasteiger partial charge in [0.25, 0.3) is 5.56 Å². The number of nitrogens with zero attached hydrogens (tertiary/aromatic N) is 1. The molecule has 3 rings (SSSR count). The second kappa shape index (κ2) is 7.39. The molecule has 0 saturated heterocycles. The van der Waals surface area contributed by atoms with Gasteiger partial charge in [0, 0.05) is 0 Å². The van der Waals surface area contributed by atoms with E-state index in [0.29, 0.717) is 6.54 Å². The lowest BCUT2D eigenvalue weighted by molar-refractivity contribution is 0.0524.